The van der Waals surface area contributed by atoms with Crippen LogP contribution in [-0.4, -0.2) is 52.9 Å². The SMILES string of the molecule is c1ccc2c(OCCOCCOCCOCCOc3c4ccccc4cc4ccccc34)c3ccccc3cc2c1. The van der Waals surface area contributed by atoms with Crippen LogP contribution in [0.4, 0.5) is 0 Å². The second-order valence-electron chi connectivity index (χ2n) is 9.83. The van der Waals surface area contributed by atoms with Crippen molar-refractivity contribution in [2.24, 2.45) is 0 Å². The minimum Gasteiger partial charge on any atom is -0.490 e. The Labute approximate surface area is 240 Å². The van der Waals surface area contributed by atoms with Crippen LogP contribution in [0.5, 0.6) is 11.5 Å². The van der Waals surface area contributed by atoms with Crippen molar-refractivity contribution in [3.63, 3.8) is 0 Å². The van der Waals surface area contributed by atoms with Crippen LogP contribution >= 0.6 is 0 Å². The van der Waals surface area contributed by atoms with Gasteiger partial charge in [0.2, 0.25) is 0 Å². The summed E-state index contributed by atoms with van der Waals surface area (Å²) in [5, 5.41) is 9.15. The number of benzene rings is 6. The first kappa shape index (κ1) is 27.0. The van der Waals surface area contributed by atoms with E-state index in [-0.39, 0.29) is 0 Å². The van der Waals surface area contributed by atoms with Crippen LogP contribution in [0.15, 0.2) is 109 Å². The third-order valence-corrected chi connectivity index (χ3v) is 7.14. The predicted molar refractivity (Wildman–Crippen MR) is 166 cm³/mol. The molecule has 41 heavy (non-hydrogen) atoms. The summed E-state index contributed by atoms with van der Waals surface area (Å²) in [4.78, 5) is 0. The fourth-order valence-electron chi connectivity index (χ4n) is 5.20. The summed E-state index contributed by atoms with van der Waals surface area (Å²) < 4.78 is 29.5. The Kier molecular flexibility index (Phi) is 8.88. The van der Waals surface area contributed by atoms with Gasteiger partial charge in [0.25, 0.3) is 0 Å². The summed E-state index contributed by atoms with van der Waals surface area (Å²) in [6.45, 7) is 4.00. The minimum absolute atomic E-state index is 0.479. The Bertz CT molecular complexity index is 1510. The fourth-order valence-corrected chi connectivity index (χ4v) is 5.20. The minimum atomic E-state index is 0.479. The van der Waals surface area contributed by atoms with Crippen molar-refractivity contribution >= 4 is 43.1 Å². The van der Waals surface area contributed by atoms with E-state index in [9.17, 15) is 0 Å². The lowest BCUT2D eigenvalue weighted by Gasteiger charge is -2.14. The Morgan fingerprint density at radius 2 is 0.585 bits per heavy atom. The first-order valence-electron chi connectivity index (χ1n) is 14.2. The third-order valence-electron chi connectivity index (χ3n) is 7.14. The van der Waals surface area contributed by atoms with E-state index in [4.69, 9.17) is 23.7 Å². The monoisotopic (exact) mass is 546 g/mol. The second-order valence-corrected chi connectivity index (χ2v) is 9.83. The van der Waals surface area contributed by atoms with Gasteiger partial charge in [0.15, 0.2) is 0 Å². The van der Waals surface area contributed by atoms with E-state index in [1.807, 2.05) is 24.3 Å². The summed E-state index contributed by atoms with van der Waals surface area (Å²) in [5.41, 5.74) is 0. The van der Waals surface area contributed by atoms with Crippen LogP contribution < -0.4 is 9.47 Å². The highest BCUT2D eigenvalue weighted by atomic mass is 16.6. The Balaban J connectivity index is 0.871. The smallest absolute Gasteiger partial charge is 0.135 e. The lowest BCUT2D eigenvalue weighted by atomic mass is 10.0. The quantitative estimate of drug-likeness (QED) is 0.103. The van der Waals surface area contributed by atoms with E-state index in [0.717, 1.165) is 33.0 Å². The molecule has 0 atom stereocenters. The van der Waals surface area contributed by atoms with E-state index >= 15 is 0 Å². The van der Waals surface area contributed by atoms with Gasteiger partial charge in [-0.2, -0.15) is 0 Å². The van der Waals surface area contributed by atoms with Crippen LogP contribution in [0.3, 0.4) is 0 Å². The van der Waals surface area contributed by atoms with Crippen molar-refractivity contribution in [3.05, 3.63) is 109 Å². The molecule has 5 heteroatoms. The summed E-state index contributed by atoms with van der Waals surface area (Å²) in [6, 6.07) is 37.7. The van der Waals surface area contributed by atoms with Gasteiger partial charge in [0, 0.05) is 21.5 Å². The highest BCUT2D eigenvalue weighted by molar-refractivity contribution is 6.06. The lowest BCUT2D eigenvalue weighted by molar-refractivity contribution is 0.00525. The number of fused-ring (bicyclic) bond motifs is 4. The van der Waals surface area contributed by atoms with E-state index < -0.39 is 0 Å². The van der Waals surface area contributed by atoms with Gasteiger partial charge in [0.1, 0.15) is 24.7 Å². The molecule has 6 aromatic rings. The molecule has 208 valence electrons. The summed E-state index contributed by atoms with van der Waals surface area (Å²) >= 11 is 0. The van der Waals surface area contributed by atoms with E-state index in [1.165, 1.54) is 21.5 Å². The maximum absolute atomic E-state index is 6.20. The van der Waals surface area contributed by atoms with Crippen molar-refractivity contribution in [3.8, 4) is 11.5 Å². The maximum atomic E-state index is 6.20. The zero-order valence-electron chi connectivity index (χ0n) is 23.1. The molecular formula is C36H34O5. The van der Waals surface area contributed by atoms with Crippen molar-refractivity contribution < 1.29 is 23.7 Å². The second kappa shape index (κ2) is 13.5. The molecular weight excluding hydrogens is 512 g/mol. The molecule has 0 radical (unpaired) electrons. The Morgan fingerprint density at radius 3 is 0.902 bits per heavy atom. The van der Waals surface area contributed by atoms with Gasteiger partial charge in [-0.15, -0.1) is 0 Å². The molecule has 5 nitrogen and oxygen atoms in total. The van der Waals surface area contributed by atoms with Crippen LogP contribution in [0, 0.1) is 0 Å². The van der Waals surface area contributed by atoms with Crippen LogP contribution in [-0.2, 0) is 14.2 Å². The van der Waals surface area contributed by atoms with Crippen molar-refractivity contribution in [1.82, 2.24) is 0 Å². The molecule has 0 fully saturated rings. The van der Waals surface area contributed by atoms with Gasteiger partial charge in [-0.3, -0.25) is 0 Å². The van der Waals surface area contributed by atoms with Crippen molar-refractivity contribution in [2.45, 2.75) is 0 Å². The van der Waals surface area contributed by atoms with Gasteiger partial charge in [0.05, 0.1) is 39.6 Å². The number of rotatable bonds is 14. The molecule has 0 saturated carbocycles. The van der Waals surface area contributed by atoms with Gasteiger partial charge < -0.3 is 23.7 Å². The average molecular weight is 547 g/mol. The fraction of sp³-hybridized carbons (Fsp3) is 0.222. The number of ether oxygens (including phenoxy) is 5. The third kappa shape index (κ3) is 6.44. The van der Waals surface area contributed by atoms with Crippen molar-refractivity contribution in [1.29, 1.82) is 0 Å². The molecule has 6 aromatic carbocycles. The molecule has 0 heterocycles. The summed E-state index contributed by atoms with van der Waals surface area (Å²) in [7, 11) is 0. The number of hydrogen-bond donors (Lipinski definition) is 0. The average Bonchev–Trinajstić information content (AvgIpc) is 3.02. The van der Waals surface area contributed by atoms with E-state index in [0.29, 0.717) is 52.9 Å². The summed E-state index contributed by atoms with van der Waals surface area (Å²) in [5.74, 6) is 1.82. The van der Waals surface area contributed by atoms with Crippen LogP contribution in [0.1, 0.15) is 0 Å². The summed E-state index contributed by atoms with van der Waals surface area (Å²) in [6.07, 6.45) is 0. The Morgan fingerprint density at radius 1 is 0.317 bits per heavy atom. The molecule has 0 saturated heterocycles. The zero-order chi connectivity index (χ0) is 27.7. The highest BCUT2D eigenvalue weighted by Crippen LogP contribution is 2.35. The molecule has 0 aliphatic carbocycles. The topological polar surface area (TPSA) is 46.2 Å². The molecule has 6 rings (SSSR count). The van der Waals surface area contributed by atoms with Crippen molar-refractivity contribution in [2.75, 3.05) is 52.9 Å². The van der Waals surface area contributed by atoms with Gasteiger partial charge in [-0.05, 0) is 33.7 Å². The highest BCUT2D eigenvalue weighted by Gasteiger charge is 2.10. The molecule has 0 aliphatic heterocycles. The molecule has 0 bridgehead atoms. The maximum Gasteiger partial charge on any atom is 0.135 e. The molecule has 0 N–H and O–H groups in total. The number of hydrogen-bond acceptors (Lipinski definition) is 5. The largest absolute Gasteiger partial charge is 0.490 e. The molecule has 0 spiro atoms. The van der Waals surface area contributed by atoms with E-state index in [1.54, 1.807) is 0 Å². The Hall–Kier alpha value is -4.16. The van der Waals surface area contributed by atoms with Crippen LogP contribution in [0.25, 0.3) is 43.1 Å². The van der Waals surface area contributed by atoms with E-state index in [2.05, 4.69) is 84.9 Å². The molecule has 0 amide bonds. The van der Waals surface area contributed by atoms with Gasteiger partial charge in [-0.1, -0.05) is 97.1 Å². The molecule has 0 aliphatic rings. The first-order valence-corrected chi connectivity index (χ1v) is 14.2. The first-order chi connectivity index (χ1) is 20.4. The lowest BCUT2D eigenvalue weighted by Crippen LogP contribution is -2.14. The molecule has 0 aromatic heterocycles. The zero-order valence-corrected chi connectivity index (χ0v) is 23.1. The molecule has 0 unspecified atom stereocenters. The van der Waals surface area contributed by atoms with Gasteiger partial charge in [-0.25, -0.2) is 0 Å². The predicted octanol–water partition coefficient (Wildman–Crippen LogP) is 7.81. The standard InChI is InChI=1S/C36H34O5/c1-5-13-31-27(9-1)25-28-10-2-6-14-32(28)35(31)40-23-21-38-19-17-37-18-20-39-22-24-41-36-33-15-7-3-11-29(33)26-30-12-4-8-16-34(30)36/h1-16,25-26H,17-24H2. The van der Waals surface area contributed by atoms with Gasteiger partial charge >= 0.3 is 0 Å². The normalized spacial score (nSPS) is 11.5. The van der Waals surface area contributed by atoms with Crippen LogP contribution in [0.2, 0.25) is 0 Å².